The fourth-order valence-corrected chi connectivity index (χ4v) is 4.13. The van der Waals surface area contributed by atoms with E-state index in [1.165, 1.54) is 11.3 Å². The Hall–Kier alpha value is -2.93. The molecule has 0 unspecified atom stereocenters. The lowest BCUT2D eigenvalue weighted by atomic mass is 10.1. The van der Waals surface area contributed by atoms with E-state index >= 15 is 0 Å². The predicted molar refractivity (Wildman–Crippen MR) is 107 cm³/mol. The number of carbonyl (C=O) groups excluding carboxylic acids is 2. The molecule has 0 saturated heterocycles. The average molecular weight is 381 g/mol. The number of aromatic nitrogens is 1. The summed E-state index contributed by atoms with van der Waals surface area (Å²) < 4.78 is 6.51. The van der Waals surface area contributed by atoms with E-state index in [1.54, 1.807) is 4.90 Å². The molecule has 6 nitrogen and oxygen atoms in total. The van der Waals surface area contributed by atoms with Gasteiger partial charge in [0.15, 0.2) is 11.7 Å². The molecular weight excluding hydrogens is 362 g/mol. The van der Waals surface area contributed by atoms with Crippen molar-refractivity contribution in [3.8, 4) is 5.75 Å². The molecule has 0 spiro atoms. The number of rotatable bonds is 4. The number of carbonyl (C=O) groups is 2. The second-order valence-electron chi connectivity index (χ2n) is 6.50. The first kappa shape index (κ1) is 17.5. The summed E-state index contributed by atoms with van der Waals surface area (Å²) in [5.41, 5.74) is 3.85. The smallest absolute Gasteiger partial charge is 0.265 e. The molecule has 7 heteroatoms. The Morgan fingerprint density at radius 1 is 1.22 bits per heavy atom. The Balaban J connectivity index is 1.46. The number of ether oxygens (including phenoxy) is 1. The Morgan fingerprint density at radius 2 is 2.00 bits per heavy atom. The molecule has 1 aromatic heterocycles. The van der Waals surface area contributed by atoms with Gasteiger partial charge in [-0.05, 0) is 37.1 Å². The molecule has 0 fully saturated rings. The topological polar surface area (TPSA) is 71.5 Å². The van der Waals surface area contributed by atoms with Crippen LogP contribution in [0.15, 0.2) is 36.4 Å². The molecule has 138 valence electrons. The zero-order valence-electron chi connectivity index (χ0n) is 15.1. The van der Waals surface area contributed by atoms with Crippen molar-refractivity contribution in [1.29, 1.82) is 0 Å². The SMILES string of the molecule is Cc1ccc(C)c2sc(NC(=O)CCN3C(=O)COc4ccccc43)nc12. The van der Waals surface area contributed by atoms with Crippen molar-refractivity contribution < 1.29 is 14.3 Å². The number of nitrogens with zero attached hydrogens (tertiary/aromatic N) is 2. The maximum absolute atomic E-state index is 12.4. The molecule has 2 amide bonds. The molecule has 0 bridgehead atoms. The van der Waals surface area contributed by atoms with Crippen LogP contribution in [0.2, 0.25) is 0 Å². The van der Waals surface area contributed by atoms with Crippen LogP contribution in [0.25, 0.3) is 10.2 Å². The van der Waals surface area contributed by atoms with Gasteiger partial charge in [0.2, 0.25) is 5.91 Å². The van der Waals surface area contributed by atoms with Gasteiger partial charge in [0.05, 0.1) is 15.9 Å². The number of benzene rings is 2. The normalized spacial score (nSPS) is 13.4. The molecular formula is C20H19N3O3S. The van der Waals surface area contributed by atoms with Crippen LogP contribution in [0.4, 0.5) is 10.8 Å². The number of aryl methyl sites for hydroxylation is 2. The van der Waals surface area contributed by atoms with Crippen molar-refractivity contribution in [1.82, 2.24) is 4.98 Å². The molecule has 0 atom stereocenters. The zero-order chi connectivity index (χ0) is 19.0. The number of hydrogen-bond acceptors (Lipinski definition) is 5. The average Bonchev–Trinajstić information content (AvgIpc) is 3.09. The van der Waals surface area contributed by atoms with Crippen molar-refractivity contribution in [2.75, 3.05) is 23.4 Å². The second-order valence-corrected chi connectivity index (χ2v) is 7.50. The van der Waals surface area contributed by atoms with Crippen LogP contribution in [-0.2, 0) is 9.59 Å². The van der Waals surface area contributed by atoms with Crippen LogP contribution in [0.1, 0.15) is 17.5 Å². The van der Waals surface area contributed by atoms with E-state index in [1.807, 2.05) is 44.2 Å². The summed E-state index contributed by atoms with van der Waals surface area (Å²) >= 11 is 1.47. The lowest BCUT2D eigenvalue weighted by molar-refractivity contribution is -0.121. The van der Waals surface area contributed by atoms with E-state index in [2.05, 4.69) is 16.4 Å². The quantitative estimate of drug-likeness (QED) is 0.749. The fraction of sp³-hybridized carbons (Fsp3) is 0.250. The van der Waals surface area contributed by atoms with Gasteiger partial charge in [-0.15, -0.1) is 0 Å². The van der Waals surface area contributed by atoms with Crippen LogP contribution < -0.4 is 15.0 Å². The molecule has 1 aliphatic heterocycles. The van der Waals surface area contributed by atoms with Gasteiger partial charge in [0.25, 0.3) is 5.91 Å². The summed E-state index contributed by atoms with van der Waals surface area (Å²) in [7, 11) is 0. The van der Waals surface area contributed by atoms with Crippen molar-refractivity contribution in [3.63, 3.8) is 0 Å². The van der Waals surface area contributed by atoms with E-state index in [-0.39, 0.29) is 24.8 Å². The van der Waals surface area contributed by atoms with Crippen LogP contribution in [0, 0.1) is 13.8 Å². The number of para-hydroxylation sites is 2. The second kappa shape index (κ2) is 7.00. The highest BCUT2D eigenvalue weighted by Gasteiger charge is 2.25. The number of fused-ring (bicyclic) bond motifs is 2. The third-order valence-electron chi connectivity index (χ3n) is 4.56. The monoisotopic (exact) mass is 381 g/mol. The van der Waals surface area contributed by atoms with Crippen LogP contribution in [-0.4, -0.2) is 29.9 Å². The van der Waals surface area contributed by atoms with Gasteiger partial charge >= 0.3 is 0 Å². The van der Waals surface area contributed by atoms with Crippen molar-refractivity contribution in [2.45, 2.75) is 20.3 Å². The lowest BCUT2D eigenvalue weighted by Gasteiger charge is -2.29. The molecule has 1 N–H and O–H groups in total. The van der Waals surface area contributed by atoms with Gasteiger partial charge < -0.3 is 15.0 Å². The molecule has 1 aliphatic rings. The van der Waals surface area contributed by atoms with Gasteiger partial charge in [-0.25, -0.2) is 4.98 Å². The Bertz CT molecular complexity index is 1010. The molecule has 0 radical (unpaired) electrons. The minimum Gasteiger partial charge on any atom is -0.482 e. The Morgan fingerprint density at radius 3 is 2.81 bits per heavy atom. The highest BCUT2D eigenvalue weighted by atomic mass is 32.1. The minimum atomic E-state index is -0.166. The molecule has 0 aliphatic carbocycles. The summed E-state index contributed by atoms with van der Waals surface area (Å²) in [5, 5.41) is 3.45. The Labute approximate surface area is 160 Å². The maximum atomic E-state index is 12.4. The van der Waals surface area contributed by atoms with Crippen LogP contribution in [0.5, 0.6) is 5.75 Å². The third kappa shape index (κ3) is 3.38. The van der Waals surface area contributed by atoms with Gasteiger partial charge in [-0.2, -0.15) is 0 Å². The number of amides is 2. The molecule has 4 rings (SSSR count). The summed E-state index contributed by atoms with van der Waals surface area (Å²) in [5.74, 6) is 0.350. The number of nitrogens with one attached hydrogen (secondary N) is 1. The number of hydrogen-bond donors (Lipinski definition) is 1. The van der Waals surface area contributed by atoms with Crippen molar-refractivity contribution >= 4 is 44.2 Å². The van der Waals surface area contributed by atoms with Crippen LogP contribution in [0.3, 0.4) is 0 Å². The van der Waals surface area contributed by atoms with Crippen LogP contribution >= 0.6 is 11.3 Å². The van der Waals surface area contributed by atoms with Crippen molar-refractivity contribution in [3.05, 3.63) is 47.5 Å². The summed E-state index contributed by atoms with van der Waals surface area (Å²) in [4.78, 5) is 30.7. The standard InChI is InChI=1S/C20H19N3O3S/c1-12-7-8-13(2)19-18(12)22-20(27-19)21-16(24)9-10-23-14-5-3-4-6-15(14)26-11-17(23)25/h3-8H,9-11H2,1-2H3,(H,21,22,24). The third-order valence-corrected chi connectivity index (χ3v) is 5.67. The number of anilines is 2. The highest BCUT2D eigenvalue weighted by Crippen LogP contribution is 2.32. The van der Waals surface area contributed by atoms with E-state index in [0.29, 0.717) is 23.1 Å². The van der Waals surface area contributed by atoms with E-state index in [0.717, 1.165) is 21.3 Å². The van der Waals surface area contributed by atoms with E-state index in [4.69, 9.17) is 4.74 Å². The molecule has 27 heavy (non-hydrogen) atoms. The summed E-state index contributed by atoms with van der Waals surface area (Å²) in [6, 6.07) is 11.4. The molecule has 0 saturated carbocycles. The molecule has 2 heterocycles. The van der Waals surface area contributed by atoms with E-state index in [9.17, 15) is 9.59 Å². The first-order valence-electron chi connectivity index (χ1n) is 8.72. The van der Waals surface area contributed by atoms with E-state index < -0.39 is 0 Å². The van der Waals surface area contributed by atoms with Crippen molar-refractivity contribution in [2.24, 2.45) is 0 Å². The lowest BCUT2D eigenvalue weighted by Crippen LogP contribution is -2.40. The molecule has 3 aromatic rings. The van der Waals surface area contributed by atoms with Gasteiger partial charge in [0, 0.05) is 13.0 Å². The number of thiazole rings is 1. The summed E-state index contributed by atoms with van der Waals surface area (Å²) in [6.07, 6.45) is 0.188. The minimum absolute atomic E-state index is 0.00491. The zero-order valence-corrected chi connectivity index (χ0v) is 15.9. The maximum Gasteiger partial charge on any atom is 0.265 e. The first-order valence-corrected chi connectivity index (χ1v) is 9.53. The first-order chi connectivity index (χ1) is 13.0. The molecule has 2 aromatic carbocycles. The van der Waals surface area contributed by atoms with Gasteiger partial charge in [0.1, 0.15) is 5.75 Å². The predicted octanol–water partition coefficient (Wildman–Crippen LogP) is 3.67. The van der Waals surface area contributed by atoms with Gasteiger partial charge in [-0.1, -0.05) is 35.6 Å². The fourth-order valence-electron chi connectivity index (χ4n) is 3.11. The summed E-state index contributed by atoms with van der Waals surface area (Å²) in [6.45, 7) is 4.34. The highest BCUT2D eigenvalue weighted by molar-refractivity contribution is 7.22. The largest absolute Gasteiger partial charge is 0.482 e. The Kier molecular flexibility index (Phi) is 4.53. The van der Waals surface area contributed by atoms with Gasteiger partial charge in [-0.3, -0.25) is 9.59 Å².